The number of carbonyl (C=O) groups excluding carboxylic acids is 1. The van der Waals surface area contributed by atoms with Crippen molar-refractivity contribution in [2.45, 2.75) is 26.2 Å². The minimum absolute atomic E-state index is 0.0109. The summed E-state index contributed by atoms with van der Waals surface area (Å²) < 4.78 is 0. The van der Waals surface area contributed by atoms with Crippen molar-refractivity contribution in [1.29, 1.82) is 0 Å². The molecule has 0 aliphatic carbocycles. The molecule has 1 amide bonds. The van der Waals surface area contributed by atoms with Gasteiger partial charge in [-0.05, 0) is 56.4 Å². The van der Waals surface area contributed by atoms with Gasteiger partial charge in [0.1, 0.15) is 0 Å². The van der Waals surface area contributed by atoms with E-state index in [1.165, 1.54) is 0 Å². The van der Waals surface area contributed by atoms with E-state index >= 15 is 0 Å². The molecule has 1 saturated heterocycles. The molecule has 0 atom stereocenters. The number of rotatable bonds is 7. The molecule has 6 heteroatoms. The molecular weight excluding hydrogens is 340 g/mol. The lowest BCUT2D eigenvalue weighted by Crippen LogP contribution is -2.45. The number of benzene rings is 1. The molecular formula is C21H30N4O2. The maximum atomic E-state index is 12.2. The highest BCUT2D eigenvalue weighted by molar-refractivity contribution is 5.80. The fraction of sp³-hybridized carbons (Fsp3) is 0.524. The van der Waals surface area contributed by atoms with Crippen molar-refractivity contribution in [2.24, 2.45) is 0 Å². The Morgan fingerprint density at radius 2 is 1.96 bits per heavy atom. The fourth-order valence-corrected chi connectivity index (χ4v) is 3.48. The number of hydrogen-bond acceptors (Lipinski definition) is 4. The average Bonchev–Trinajstić information content (AvgIpc) is 2.65. The summed E-state index contributed by atoms with van der Waals surface area (Å²) in [5.41, 5.74) is 2.52. The fourth-order valence-electron chi connectivity index (χ4n) is 3.48. The highest BCUT2D eigenvalue weighted by Crippen LogP contribution is 2.13. The molecule has 1 aliphatic rings. The number of amides is 1. The predicted molar refractivity (Wildman–Crippen MR) is 109 cm³/mol. The van der Waals surface area contributed by atoms with Crippen molar-refractivity contribution < 1.29 is 4.79 Å². The molecule has 0 unspecified atom stereocenters. The molecule has 1 aliphatic heterocycles. The van der Waals surface area contributed by atoms with Crippen LogP contribution in [0.2, 0.25) is 0 Å². The van der Waals surface area contributed by atoms with E-state index in [1.807, 2.05) is 31.2 Å². The first kappa shape index (κ1) is 19.6. The Balaban J connectivity index is 1.41. The zero-order chi connectivity index (χ0) is 19.2. The minimum Gasteiger partial charge on any atom is -0.356 e. The zero-order valence-corrected chi connectivity index (χ0v) is 16.4. The van der Waals surface area contributed by atoms with Gasteiger partial charge >= 0.3 is 0 Å². The monoisotopic (exact) mass is 370 g/mol. The molecule has 6 nitrogen and oxygen atoms in total. The molecule has 0 radical (unpaired) electrons. The van der Waals surface area contributed by atoms with E-state index in [-0.39, 0.29) is 11.5 Å². The van der Waals surface area contributed by atoms with Crippen LogP contribution in [0.4, 0.5) is 0 Å². The van der Waals surface area contributed by atoms with Crippen LogP contribution in [-0.4, -0.2) is 67.0 Å². The number of aromatic amines is 1. The van der Waals surface area contributed by atoms with Gasteiger partial charge in [0.15, 0.2) is 0 Å². The first-order valence-electron chi connectivity index (χ1n) is 9.81. The third-order valence-corrected chi connectivity index (χ3v) is 5.27. The van der Waals surface area contributed by atoms with E-state index in [0.29, 0.717) is 24.9 Å². The van der Waals surface area contributed by atoms with Crippen LogP contribution < -0.4 is 10.9 Å². The smallest absolute Gasteiger partial charge is 0.251 e. The highest BCUT2D eigenvalue weighted by atomic mass is 16.1. The van der Waals surface area contributed by atoms with Crippen molar-refractivity contribution in [3.8, 4) is 0 Å². The lowest BCUT2D eigenvalue weighted by atomic mass is 10.1. The van der Waals surface area contributed by atoms with Crippen molar-refractivity contribution in [2.75, 3.05) is 46.3 Å². The zero-order valence-electron chi connectivity index (χ0n) is 16.4. The summed E-state index contributed by atoms with van der Waals surface area (Å²) >= 11 is 0. The average molecular weight is 370 g/mol. The predicted octanol–water partition coefficient (Wildman–Crippen LogP) is 1.52. The number of nitrogens with one attached hydrogen (secondary N) is 2. The van der Waals surface area contributed by atoms with Crippen molar-refractivity contribution in [3.05, 3.63) is 45.7 Å². The normalized spacial score (nSPS) is 15.9. The molecule has 1 aromatic carbocycles. The number of carbonyl (C=O) groups is 1. The van der Waals surface area contributed by atoms with Crippen LogP contribution >= 0.6 is 0 Å². The quantitative estimate of drug-likeness (QED) is 0.725. The molecule has 1 fully saturated rings. The number of aryl methyl sites for hydroxylation is 2. The SMILES string of the molecule is Cc1ccc2cc(CCC(=O)NCCCN3CCN(C)CC3)c(=O)[nH]c2c1. The van der Waals surface area contributed by atoms with Crippen LogP contribution in [0.3, 0.4) is 0 Å². The Hall–Kier alpha value is -2.18. The molecule has 0 spiro atoms. The summed E-state index contributed by atoms with van der Waals surface area (Å²) in [7, 11) is 2.15. The molecule has 2 aromatic rings. The van der Waals surface area contributed by atoms with Gasteiger partial charge in [-0.15, -0.1) is 0 Å². The van der Waals surface area contributed by atoms with Crippen LogP contribution in [-0.2, 0) is 11.2 Å². The summed E-state index contributed by atoms with van der Waals surface area (Å²) in [5, 5.41) is 3.98. The number of H-pyrrole nitrogens is 1. The molecule has 0 saturated carbocycles. The van der Waals surface area contributed by atoms with E-state index in [1.54, 1.807) is 0 Å². The second kappa shape index (κ2) is 9.15. The summed E-state index contributed by atoms with van der Waals surface area (Å²) in [6.07, 6.45) is 1.77. The number of aromatic nitrogens is 1. The van der Waals surface area contributed by atoms with Gasteiger partial charge < -0.3 is 20.1 Å². The van der Waals surface area contributed by atoms with E-state index < -0.39 is 0 Å². The maximum absolute atomic E-state index is 12.2. The maximum Gasteiger partial charge on any atom is 0.251 e. The van der Waals surface area contributed by atoms with Crippen LogP contribution in [0.1, 0.15) is 24.0 Å². The standard InChI is InChI=1S/C21H30N4O2/c1-16-4-5-17-15-18(21(27)23-19(17)14-16)6-7-20(26)22-8-3-9-25-12-10-24(2)11-13-25/h4-5,14-15H,3,6-13H2,1-2H3,(H,22,26)(H,23,27). The lowest BCUT2D eigenvalue weighted by molar-refractivity contribution is -0.121. The molecule has 3 rings (SSSR count). The third-order valence-electron chi connectivity index (χ3n) is 5.27. The van der Waals surface area contributed by atoms with Crippen molar-refractivity contribution in [1.82, 2.24) is 20.1 Å². The van der Waals surface area contributed by atoms with Crippen molar-refractivity contribution in [3.63, 3.8) is 0 Å². The minimum atomic E-state index is -0.101. The van der Waals surface area contributed by atoms with Crippen LogP contribution in [0.25, 0.3) is 10.9 Å². The number of fused-ring (bicyclic) bond motifs is 1. The Labute approximate surface area is 160 Å². The second-order valence-electron chi connectivity index (χ2n) is 7.56. The molecule has 1 aromatic heterocycles. The summed E-state index contributed by atoms with van der Waals surface area (Å²) in [6, 6.07) is 7.89. The number of nitrogens with zero attached hydrogens (tertiary/aromatic N) is 2. The number of likely N-dealkylation sites (N-methyl/N-ethyl adjacent to an activating group) is 1. The molecule has 0 bridgehead atoms. The van der Waals surface area contributed by atoms with Gasteiger partial charge in [0.25, 0.3) is 5.56 Å². The third kappa shape index (κ3) is 5.65. The van der Waals surface area contributed by atoms with Gasteiger partial charge in [-0.25, -0.2) is 0 Å². The van der Waals surface area contributed by atoms with E-state index in [9.17, 15) is 9.59 Å². The van der Waals surface area contributed by atoms with Crippen LogP contribution in [0, 0.1) is 6.92 Å². The lowest BCUT2D eigenvalue weighted by Gasteiger charge is -2.32. The van der Waals surface area contributed by atoms with Gasteiger partial charge in [0.05, 0.1) is 0 Å². The molecule has 2 heterocycles. The Kier molecular flexibility index (Phi) is 6.63. The van der Waals surface area contributed by atoms with Gasteiger partial charge in [-0.3, -0.25) is 9.59 Å². The first-order chi connectivity index (χ1) is 13.0. The topological polar surface area (TPSA) is 68.4 Å². The van der Waals surface area contributed by atoms with Crippen LogP contribution in [0.15, 0.2) is 29.1 Å². The van der Waals surface area contributed by atoms with Crippen molar-refractivity contribution >= 4 is 16.8 Å². The Morgan fingerprint density at radius 1 is 1.19 bits per heavy atom. The first-order valence-corrected chi connectivity index (χ1v) is 9.81. The Morgan fingerprint density at radius 3 is 2.74 bits per heavy atom. The van der Waals surface area contributed by atoms with Gasteiger partial charge in [0.2, 0.25) is 5.91 Å². The number of piperazine rings is 1. The molecule has 27 heavy (non-hydrogen) atoms. The number of hydrogen-bond donors (Lipinski definition) is 2. The largest absolute Gasteiger partial charge is 0.356 e. The second-order valence-corrected chi connectivity index (χ2v) is 7.56. The van der Waals surface area contributed by atoms with E-state index in [0.717, 1.165) is 55.6 Å². The van der Waals surface area contributed by atoms with Crippen LogP contribution in [0.5, 0.6) is 0 Å². The van der Waals surface area contributed by atoms with Gasteiger partial charge in [-0.1, -0.05) is 12.1 Å². The van der Waals surface area contributed by atoms with E-state index in [4.69, 9.17) is 0 Å². The highest BCUT2D eigenvalue weighted by Gasteiger charge is 2.13. The Bertz CT molecular complexity index is 838. The van der Waals surface area contributed by atoms with Gasteiger partial charge in [0, 0.05) is 50.2 Å². The molecule has 146 valence electrons. The summed E-state index contributed by atoms with van der Waals surface area (Å²) in [5.74, 6) is 0.0109. The number of pyridine rings is 1. The summed E-state index contributed by atoms with van der Waals surface area (Å²) in [6.45, 7) is 8.16. The summed E-state index contributed by atoms with van der Waals surface area (Å²) in [4.78, 5) is 32.0. The van der Waals surface area contributed by atoms with E-state index in [2.05, 4.69) is 27.1 Å². The molecule has 2 N–H and O–H groups in total. The van der Waals surface area contributed by atoms with Gasteiger partial charge in [-0.2, -0.15) is 0 Å².